The molecule has 0 amide bonds. The average Bonchev–Trinajstić information content (AvgIpc) is 3.78. The predicted molar refractivity (Wildman–Crippen MR) is 162 cm³/mol. The van der Waals surface area contributed by atoms with Gasteiger partial charge in [-0.3, -0.25) is 4.90 Å². The molecule has 47 heavy (non-hydrogen) atoms. The summed E-state index contributed by atoms with van der Waals surface area (Å²) in [5.74, 6) is -0.321. The van der Waals surface area contributed by atoms with E-state index in [0.29, 0.717) is 61.8 Å². The van der Waals surface area contributed by atoms with Gasteiger partial charge in [0.25, 0.3) is 0 Å². The maximum Gasteiger partial charge on any atom is 0.387 e. The molecule has 2 aliphatic rings. The number of methoxy groups -OCH3 is 1. The third kappa shape index (κ3) is 7.00. The molecule has 2 fully saturated rings. The smallest absolute Gasteiger partial charge is 0.387 e. The van der Waals surface area contributed by atoms with Crippen LogP contribution >= 0.6 is 0 Å². The largest absolute Gasteiger partial charge is 0.473 e. The van der Waals surface area contributed by atoms with Gasteiger partial charge in [-0.05, 0) is 69.1 Å². The van der Waals surface area contributed by atoms with Crippen LogP contribution in [0.5, 0.6) is 11.6 Å². The van der Waals surface area contributed by atoms with E-state index in [2.05, 4.69) is 16.0 Å². The number of carbonyl (C=O) groups excluding carboxylic acids is 1. The maximum atomic E-state index is 14.3. The molecular formula is C34H31F3N6O4. The minimum Gasteiger partial charge on any atom is -0.473 e. The standard InChI is InChI=1S/C34H31F3N6O4/c1-45-32(44)24-14-27-31(28(15-24)47-33(36)37)41-29(43(27)20-34(19-39)9-10-34)17-42-11-7-22(8-12-42)26-3-2-4-30(40-26)46-18-23-6-5-21(16-38)13-25(23)35/h2-6,13-15,22,33H,7-12,17-18,20H2,1H3. The first kappa shape index (κ1) is 31.8. The molecule has 2 aromatic carbocycles. The van der Waals surface area contributed by atoms with Crippen LogP contribution in [0.25, 0.3) is 11.0 Å². The second-order valence-electron chi connectivity index (χ2n) is 11.9. The zero-order valence-electron chi connectivity index (χ0n) is 25.6. The molecule has 1 aliphatic carbocycles. The van der Waals surface area contributed by atoms with Crippen molar-refractivity contribution in [2.75, 3.05) is 20.2 Å². The SMILES string of the molecule is COC(=O)c1cc(OC(F)F)c2nc(CN3CCC(c4cccc(OCc5ccc(C#N)cc5F)n4)CC3)n(CC3(C#N)CC3)c2c1. The lowest BCUT2D eigenvalue weighted by molar-refractivity contribution is -0.0490. The summed E-state index contributed by atoms with van der Waals surface area (Å²) in [6.07, 6.45) is 3.00. The Hall–Kier alpha value is -5.14. The van der Waals surface area contributed by atoms with Gasteiger partial charge in [-0.2, -0.15) is 19.3 Å². The van der Waals surface area contributed by atoms with Gasteiger partial charge >= 0.3 is 12.6 Å². The second kappa shape index (κ2) is 13.3. The Bertz CT molecular complexity index is 1890. The van der Waals surface area contributed by atoms with Crippen molar-refractivity contribution in [3.63, 3.8) is 0 Å². The third-order valence-electron chi connectivity index (χ3n) is 8.76. The number of aromatic nitrogens is 3. The highest BCUT2D eigenvalue weighted by molar-refractivity contribution is 5.96. The summed E-state index contributed by atoms with van der Waals surface area (Å²) in [6.45, 7) is -1.03. The zero-order valence-corrected chi connectivity index (χ0v) is 25.6. The molecule has 242 valence electrons. The fraction of sp³-hybridized carbons (Fsp3) is 0.382. The van der Waals surface area contributed by atoms with E-state index in [1.807, 2.05) is 22.8 Å². The predicted octanol–water partition coefficient (Wildman–Crippen LogP) is 6.09. The van der Waals surface area contributed by atoms with Gasteiger partial charge < -0.3 is 18.8 Å². The Morgan fingerprint density at radius 2 is 1.89 bits per heavy atom. The monoisotopic (exact) mass is 644 g/mol. The molecule has 1 saturated carbocycles. The summed E-state index contributed by atoms with van der Waals surface area (Å²) in [7, 11) is 1.21. The van der Waals surface area contributed by atoms with E-state index in [4.69, 9.17) is 24.5 Å². The molecule has 0 N–H and O–H groups in total. The molecule has 13 heteroatoms. The number of hydrogen-bond donors (Lipinski definition) is 0. The molecule has 3 heterocycles. The van der Waals surface area contributed by atoms with Crippen molar-refractivity contribution in [1.82, 2.24) is 19.4 Å². The average molecular weight is 645 g/mol. The Kier molecular flexibility index (Phi) is 9.01. The van der Waals surface area contributed by atoms with Crippen LogP contribution in [0.3, 0.4) is 0 Å². The number of carbonyl (C=O) groups is 1. The number of imidazole rings is 1. The lowest BCUT2D eigenvalue weighted by Crippen LogP contribution is -2.34. The lowest BCUT2D eigenvalue weighted by Gasteiger charge is -2.31. The van der Waals surface area contributed by atoms with Gasteiger partial charge in [0, 0.05) is 29.8 Å². The van der Waals surface area contributed by atoms with Crippen LogP contribution in [-0.4, -0.2) is 52.2 Å². The van der Waals surface area contributed by atoms with Crippen molar-refractivity contribution in [2.45, 2.75) is 57.9 Å². The number of likely N-dealkylation sites (tertiary alicyclic amines) is 1. The minimum atomic E-state index is -3.12. The van der Waals surface area contributed by atoms with Gasteiger partial charge in [-0.1, -0.05) is 12.1 Å². The quantitative estimate of drug-likeness (QED) is 0.178. The van der Waals surface area contributed by atoms with Crippen LogP contribution in [0.1, 0.15) is 64.6 Å². The van der Waals surface area contributed by atoms with Gasteiger partial charge in [0.15, 0.2) is 5.75 Å². The molecular weight excluding hydrogens is 613 g/mol. The van der Waals surface area contributed by atoms with Crippen LogP contribution in [0, 0.1) is 33.9 Å². The van der Waals surface area contributed by atoms with E-state index in [9.17, 15) is 23.2 Å². The van der Waals surface area contributed by atoms with Crippen LogP contribution in [-0.2, 0) is 24.4 Å². The Morgan fingerprint density at radius 3 is 2.55 bits per heavy atom. The van der Waals surface area contributed by atoms with Crippen LogP contribution < -0.4 is 9.47 Å². The molecule has 10 nitrogen and oxygen atoms in total. The minimum absolute atomic E-state index is 0.0221. The molecule has 6 rings (SSSR count). The van der Waals surface area contributed by atoms with E-state index >= 15 is 0 Å². The highest BCUT2D eigenvalue weighted by Gasteiger charge is 2.44. The van der Waals surface area contributed by atoms with Crippen molar-refractivity contribution < 1.29 is 32.2 Å². The van der Waals surface area contributed by atoms with Gasteiger partial charge in [-0.25, -0.2) is 19.2 Å². The maximum absolute atomic E-state index is 14.3. The number of hydrogen-bond acceptors (Lipinski definition) is 9. The lowest BCUT2D eigenvalue weighted by atomic mass is 9.93. The molecule has 0 unspecified atom stereocenters. The van der Waals surface area contributed by atoms with Gasteiger partial charge in [-0.15, -0.1) is 0 Å². The summed E-state index contributed by atoms with van der Waals surface area (Å²) in [6, 6.07) is 16.8. The Morgan fingerprint density at radius 1 is 1.11 bits per heavy atom. The van der Waals surface area contributed by atoms with Gasteiger partial charge in [0.2, 0.25) is 5.88 Å². The number of halogens is 3. The number of benzene rings is 2. The summed E-state index contributed by atoms with van der Waals surface area (Å²) >= 11 is 0. The number of piperidine rings is 1. The highest BCUT2D eigenvalue weighted by Crippen LogP contribution is 2.47. The molecule has 0 radical (unpaired) electrons. The molecule has 0 bridgehead atoms. The molecule has 1 saturated heterocycles. The Labute approximate surface area is 268 Å². The number of alkyl halides is 2. The summed E-state index contributed by atoms with van der Waals surface area (Å²) in [5, 5.41) is 18.8. The van der Waals surface area contributed by atoms with Crippen molar-refractivity contribution in [3.8, 4) is 23.8 Å². The molecule has 4 aromatic rings. The number of pyridine rings is 1. The van der Waals surface area contributed by atoms with Gasteiger partial charge in [0.1, 0.15) is 23.8 Å². The summed E-state index contributed by atoms with van der Waals surface area (Å²) in [4.78, 5) is 24.0. The number of rotatable bonds is 11. The summed E-state index contributed by atoms with van der Waals surface area (Å²) in [5.41, 5.74) is 1.52. The van der Waals surface area contributed by atoms with Crippen LogP contribution in [0.4, 0.5) is 13.2 Å². The van der Waals surface area contributed by atoms with E-state index < -0.39 is 23.8 Å². The van der Waals surface area contributed by atoms with E-state index in [-0.39, 0.29) is 34.9 Å². The van der Waals surface area contributed by atoms with Crippen molar-refractivity contribution in [3.05, 3.63) is 82.6 Å². The number of nitrogens with zero attached hydrogens (tertiary/aromatic N) is 6. The van der Waals surface area contributed by atoms with E-state index in [1.165, 1.54) is 31.4 Å². The number of esters is 1. The van der Waals surface area contributed by atoms with E-state index in [0.717, 1.165) is 18.5 Å². The number of fused-ring (bicyclic) bond motifs is 1. The second-order valence-corrected chi connectivity index (χ2v) is 11.9. The summed E-state index contributed by atoms with van der Waals surface area (Å²) < 4.78 is 58.3. The number of ether oxygens (including phenoxy) is 3. The Balaban J connectivity index is 1.18. The molecule has 2 aromatic heterocycles. The first-order chi connectivity index (χ1) is 22.7. The third-order valence-corrected chi connectivity index (χ3v) is 8.76. The van der Waals surface area contributed by atoms with Crippen molar-refractivity contribution >= 4 is 17.0 Å². The molecule has 1 aliphatic heterocycles. The van der Waals surface area contributed by atoms with Crippen LogP contribution in [0.2, 0.25) is 0 Å². The van der Waals surface area contributed by atoms with Crippen molar-refractivity contribution in [1.29, 1.82) is 10.5 Å². The highest BCUT2D eigenvalue weighted by atomic mass is 19.3. The topological polar surface area (TPSA) is 126 Å². The normalized spacial score (nSPS) is 16.1. The van der Waals surface area contributed by atoms with Gasteiger partial charge in [0.05, 0.1) is 47.9 Å². The van der Waals surface area contributed by atoms with Crippen molar-refractivity contribution in [2.24, 2.45) is 5.41 Å². The van der Waals surface area contributed by atoms with E-state index in [1.54, 1.807) is 12.1 Å². The molecule has 0 atom stereocenters. The first-order valence-corrected chi connectivity index (χ1v) is 15.2. The fourth-order valence-corrected chi connectivity index (χ4v) is 5.93. The molecule has 0 spiro atoms. The van der Waals surface area contributed by atoms with Crippen LogP contribution in [0.15, 0.2) is 48.5 Å². The number of nitriles is 2. The fourth-order valence-electron chi connectivity index (χ4n) is 5.93. The zero-order chi connectivity index (χ0) is 33.1. The first-order valence-electron chi connectivity index (χ1n) is 15.2.